The zero-order valence-electron chi connectivity index (χ0n) is 10.9. The number of esters is 1. The van der Waals surface area contributed by atoms with E-state index in [4.69, 9.17) is 4.74 Å². The molecule has 0 spiro atoms. The standard InChI is InChI=1S/C13H16INO3S/c1-3-18-13(17)8-19-7-12(16)15-11-5-4-10(14)6-9(11)2/h4-6H,3,7-8H2,1-2H3,(H,15,16). The first-order valence-corrected chi connectivity index (χ1v) is 8.05. The number of amides is 1. The van der Waals surface area contributed by atoms with E-state index in [1.807, 2.05) is 25.1 Å². The molecule has 6 heteroatoms. The van der Waals surface area contributed by atoms with Gasteiger partial charge in [-0.25, -0.2) is 0 Å². The predicted octanol–water partition coefficient (Wildman–Crippen LogP) is 2.83. The van der Waals surface area contributed by atoms with Gasteiger partial charge in [0, 0.05) is 9.26 Å². The Morgan fingerprint density at radius 2 is 2.11 bits per heavy atom. The van der Waals surface area contributed by atoms with Gasteiger partial charge in [-0.05, 0) is 60.2 Å². The van der Waals surface area contributed by atoms with Crippen molar-refractivity contribution in [3.8, 4) is 0 Å². The molecule has 0 saturated carbocycles. The lowest BCUT2D eigenvalue weighted by molar-refractivity contribution is -0.139. The fourth-order valence-corrected chi connectivity index (χ4v) is 2.64. The minimum absolute atomic E-state index is 0.112. The van der Waals surface area contributed by atoms with Crippen molar-refractivity contribution in [1.29, 1.82) is 0 Å². The summed E-state index contributed by atoms with van der Waals surface area (Å²) in [5.41, 5.74) is 1.83. The summed E-state index contributed by atoms with van der Waals surface area (Å²) in [7, 11) is 0. The number of rotatable bonds is 6. The van der Waals surface area contributed by atoms with Crippen molar-refractivity contribution in [2.75, 3.05) is 23.4 Å². The Balaban J connectivity index is 2.37. The van der Waals surface area contributed by atoms with Crippen LogP contribution in [-0.4, -0.2) is 30.0 Å². The van der Waals surface area contributed by atoms with E-state index in [9.17, 15) is 9.59 Å². The first kappa shape index (κ1) is 16.3. The Hall–Kier alpha value is -0.760. The van der Waals surface area contributed by atoms with Crippen LogP contribution in [0.1, 0.15) is 12.5 Å². The van der Waals surface area contributed by atoms with Crippen LogP contribution < -0.4 is 5.32 Å². The maximum Gasteiger partial charge on any atom is 0.315 e. The molecule has 0 radical (unpaired) electrons. The van der Waals surface area contributed by atoms with Crippen LogP contribution >= 0.6 is 34.4 Å². The van der Waals surface area contributed by atoms with Gasteiger partial charge in [-0.1, -0.05) is 0 Å². The molecule has 0 heterocycles. The second-order valence-corrected chi connectivity index (χ2v) is 6.04. The van der Waals surface area contributed by atoms with Crippen molar-refractivity contribution < 1.29 is 14.3 Å². The van der Waals surface area contributed by atoms with E-state index in [0.29, 0.717) is 6.61 Å². The molecule has 0 atom stereocenters. The van der Waals surface area contributed by atoms with Crippen molar-refractivity contribution in [3.63, 3.8) is 0 Å². The van der Waals surface area contributed by atoms with Crippen LogP contribution in [0.25, 0.3) is 0 Å². The van der Waals surface area contributed by atoms with Crippen LogP contribution in [0.2, 0.25) is 0 Å². The van der Waals surface area contributed by atoms with Crippen molar-refractivity contribution in [2.24, 2.45) is 0 Å². The van der Waals surface area contributed by atoms with Crippen LogP contribution in [0.3, 0.4) is 0 Å². The van der Waals surface area contributed by atoms with Gasteiger partial charge in [0.05, 0.1) is 18.1 Å². The zero-order chi connectivity index (χ0) is 14.3. The third-order valence-electron chi connectivity index (χ3n) is 2.22. The molecule has 1 amide bonds. The van der Waals surface area contributed by atoms with Gasteiger partial charge in [0.15, 0.2) is 0 Å². The van der Waals surface area contributed by atoms with Crippen LogP contribution in [0.4, 0.5) is 5.69 Å². The number of carbonyl (C=O) groups is 2. The number of ether oxygens (including phenoxy) is 1. The number of hydrogen-bond acceptors (Lipinski definition) is 4. The zero-order valence-corrected chi connectivity index (χ0v) is 13.8. The monoisotopic (exact) mass is 393 g/mol. The van der Waals surface area contributed by atoms with Crippen molar-refractivity contribution in [2.45, 2.75) is 13.8 Å². The maximum absolute atomic E-state index is 11.7. The molecule has 0 unspecified atom stereocenters. The number of benzene rings is 1. The lowest BCUT2D eigenvalue weighted by Crippen LogP contribution is -2.16. The number of thioether (sulfide) groups is 1. The molecule has 0 aliphatic heterocycles. The molecule has 0 aromatic heterocycles. The Morgan fingerprint density at radius 1 is 1.37 bits per heavy atom. The molecule has 1 rings (SSSR count). The number of carbonyl (C=O) groups excluding carboxylic acids is 2. The summed E-state index contributed by atoms with van der Waals surface area (Å²) in [4.78, 5) is 22.8. The van der Waals surface area contributed by atoms with E-state index in [2.05, 4.69) is 27.9 Å². The smallest absolute Gasteiger partial charge is 0.315 e. The highest BCUT2D eigenvalue weighted by Gasteiger charge is 2.07. The first-order valence-electron chi connectivity index (χ1n) is 5.82. The predicted molar refractivity (Wildman–Crippen MR) is 86.5 cm³/mol. The third kappa shape index (κ3) is 6.29. The molecule has 0 aliphatic carbocycles. The second kappa shape index (κ2) is 8.42. The highest BCUT2D eigenvalue weighted by atomic mass is 127. The minimum atomic E-state index is -0.286. The molecule has 1 aromatic carbocycles. The quantitative estimate of drug-likeness (QED) is 0.597. The maximum atomic E-state index is 11.7. The van der Waals surface area contributed by atoms with Gasteiger partial charge in [0.25, 0.3) is 0 Å². The summed E-state index contributed by atoms with van der Waals surface area (Å²) < 4.78 is 5.91. The van der Waals surface area contributed by atoms with Crippen molar-refractivity contribution >= 4 is 51.9 Å². The lowest BCUT2D eigenvalue weighted by Gasteiger charge is -2.08. The lowest BCUT2D eigenvalue weighted by atomic mass is 10.2. The van der Waals surface area contributed by atoms with E-state index in [0.717, 1.165) is 14.8 Å². The molecule has 0 aliphatic rings. The number of aryl methyl sites for hydroxylation is 1. The molecule has 0 bridgehead atoms. The summed E-state index contributed by atoms with van der Waals surface area (Å²) >= 11 is 3.47. The van der Waals surface area contributed by atoms with Gasteiger partial charge in [-0.3, -0.25) is 9.59 Å². The van der Waals surface area contributed by atoms with Gasteiger partial charge in [0.2, 0.25) is 5.91 Å². The van der Waals surface area contributed by atoms with Crippen molar-refractivity contribution in [3.05, 3.63) is 27.3 Å². The van der Waals surface area contributed by atoms with Gasteiger partial charge in [-0.15, -0.1) is 11.8 Å². The first-order chi connectivity index (χ1) is 9.02. The summed E-state index contributed by atoms with van der Waals surface area (Å²) in [5.74, 6) is 0.0429. The van der Waals surface area contributed by atoms with E-state index in [1.165, 1.54) is 11.8 Å². The van der Waals surface area contributed by atoms with Crippen LogP contribution in [-0.2, 0) is 14.3 Å². The summed E-state index contributed by atoms with van der Waals surface area (Å²) in [5, 5.41) is 2.83. The molecule has 0 saturated heterocycles. The average Bonchev–Trinajstić information content (AvgIpc) is 2.33. The van der Waals surface area contributed by atoms with Gasteiger partial charge in [0.1, 0.15) is 0 Å². The fourth-order valence-electron chi connectivity index (χ4n) is 1.38. The van der Waals surface area contributed by atoms with E-state index in [1.54, 1.807) is 6.92 Å². The topological polar surface area (TPSA) is 55.4 Å². The van der Waals surface area contributed by atoms with E-state index >= 15 is 0 Å². The molecule has 104 valence electrons. The third-order valence-corrected chi connectivity index (χ3v) is 3.80. The molecular weight excluding hydrogens is 377 g/mol. The molecule has 19 heavy (non-hydrogen) atoms. The number of anilines is 1. The highest BCUT2D eigenvalue weighted by Crippen LogP contribution is 2.18. The second-order valence-electron chi connectivity index (χ2n) is 3.81. The molecule has 4 nitrogen and oxygen atoms in total. The number of halogens is 1. The highest BCUT2D eigenvalue weighted by molar-refractivity contribution is 14.1. The Bertz CT molecular complexity index is 465. The average molecular weight is 393 g/mol. The Morgan fingerprint density at radius 3 is 2.74 bits per heavy atom. The molecule has 1 aromatic rings. The Labute approximate surface area is 130 Å². The normalized spacial score (nSPS) is 10.1. The minimum Gasteiger partial charge on any atom is -0.465 e. The largest absolute Gasteiger partial charge is 0.465 e. The molecular formula is C13H16INO3S. The van der Waals surface area contributed by atoms with Gasteiger partial charge < -0.3 is 10.1 Å². The molecule has 0 fully saturated rings. The van der Waals surface area contributed by atoms with Crippen LogP contribution in [0.5, 0.6) is 0 Å². The SMILES string of the molecule is CCOC(=O)CSCC(=O)Nc1ccc(I)cc1C. The van der Waals surface area contributed by atoms with Gasteiger partial charge in [-0.2, -0.15) is 0 Å². The van der Waals surface area contributed by atoms with Crippen LogP contribution in [0.15, 0.2) is 18.2 Å². The summed E-state index contributed by atoms with van der Waals surface area (Å²) in [6.45, 7) is 4.08. The molecule has 1 N–H and O–H groups in total. The van der Waals surface area contributed by atoms with E-state index in [-0.39, 0.29) is 23.4 Å². The Kier molecular flexibility index (Phi) is 7.22. The van der Waals surface area contributed by atoms with E-state index < -0.39 is 0 Å². The van der Waals surface area contributed by atoms with Crippen molar-refractivity contribution in [1.82, 2.24) is 0 Å². The van der Waals surface area contributed by atoms with Gasteiger partial charge >= 0.3 is 5.97 Å². The fraction of sp³-hybridized carbons (Fsp3) is 0.385. The van der Waals surface area contributed by atoms with Crippen LogP contribution in [0, 0.1) is 10.5 Å². The summed E-state index contributed by atoms with van der Waals surface area (Å²) in [6.07, 6.45) is 0. The number of hydrogen-bond donors (Lipinski definition) is 1. The number of nitrogens with one attached hydrogen (secondary N) is 1. The summed E-state index contributed by atoms with van der Waals surface area (Å²) in [6, 6.07) is 5.82.